The number of fused-ring (bicyclic) bond motifs is 1. The van der Waals surface area contributed by atoms with Gasteiger partial charge in [0.2, 0.25) is 0 Å². The normalized spacial score (nSPS) is 20.7. The zero-order valence-corrected chi connectivity index (χ0v) is 19.8. The van der Waals surface area contributed by atoms with Crippen molar-refractivity contribution < 1.29 is 9.53 Å². The first-order chi connectivity index (χ1) is 15.3. The number of carbonyl (C=O) groups is 1. The maximum absolute atomic E-state index is 13.7. The Balaban J connectivity index is 1.57. The molecule has 3 heterocycles. The van der Waals surface area contributed by atoms with Crippen LogP contribution in [0.4, 0.5) is 0 Å². The van der Waals surface area contributed by atoms with Crippen LogP contribution in [0.2, 0.25) is 0 Å². The molecule has 1 saturated carbocycles. The molecule has 1 saturated heterocycles. The van der Waals surface area contributed by atoms with E-state index in [0.717, 1.165) is 67.9 Å². The minimum Gasteiger partial charge on any atom is -0.381 e. The lowest BCUT2D eigenvalue weighted by Gasteiger charge is -2.32. The second kappa shape index (κ2) is 9.14. The van der Waals surface area contributed by atoms with Crippen molar-refractivity contribution in [3.05, 3.63) is 45.8 Å². The lowest BCUT2D eigenvalue weighted by Crippen LogP contribution is -2.39. The standard InChI is InChI=1S/C25H35N5O2/c1-16(2)21(17(3)23(26-5)29-25(4)9-10-25)24(31)30-11-6-19-20(14-30)27-15-28-22(19)18-7-12-32-13-8-18/h15,18,29H,5-14H2,1-4H3/b23-17-. The van der Waals surface area contributed by atoms with E-state index in [1.165, 1.54) is 5.56 Å². The highest BCUT2D eigenvalue weighted by molar-refractivity contribution is 5.98. The van der Waals surface area contributed by atoms with Crippen LogP contribution < -0.4 is 5.32 Å². The van der Waals surface area contributed by atoms with Crippen molar-refractivity contribution in [2.75, 3.05) is 19.8 Å². The Labute approximate surface area is 191 Å². The Morgan fingerprint density at radius 1 is 1.25 bits per heavy atom. The summed E-state index contributed by atoms with van der Waals surface area (Å²) in [4.78, 5) is 29.0. The van der Waals surface area contributed by atoms with Gasteiger partial charge in [0.25, 0.3) is 5.91 Å². The van der Waals surface area contributed by atoms with Crippen molar-refractivity contribution in [3.63, 3.8) is 0 Å². The quantitative estimate of drug-likeness (QED) is 0.417. The molecule has 1 amide bonds. The van der Waals surface area contributed by atoms with E-state index in [2.05, 4.69) is 33.9 Å². The molecule has 1 aliphatic carbocycles. The van der Waals surface area contributed by atoms with Crippen LogP contribution in [0.1, 0.15) is 76.2 Å². The minimum absolute atomic E-state index is 0.0308. The third-order valence-corrected chi connectivity index (χ3v) is 6.96. The second-order valence-corrected chi connectivity index (χ2v) is 9.74. The Kier molecular flexibility index (Phi) is 6.47. The number of hydrogen-bond donors (Lipinski definition) is 1. The lowest BCUT2D eigenvalue weighted by atomic mass is 9.89. The number of rotatable bonds is 6. The molecule has 0 unspecified atom stereocenters. The molecule has 1 N–H and O–H groups in total. The van der Waals surface area contributed by atoms with Gasteiger partial charge in [-0.05, 0) is 72.1 Å². The van der Waals surface area contributed by atoms with Gasteiger partial charge in [-0.3, -0.25) is 4.79 Å². The minimum atomic E-state index is 0.0308. The average Bonchev–Trinajstić information content (AvgIpc) is 3.53. The van der Waals surface area contributed by atoms with Gasteiger partial charge in [-0.25, -0.2) is 15.0 Å². The smallest absolute Gasteiger partial charge is 0.254 e. The predicted octanol–water partition coefficient (Wildman–Crippen LogP) is 3.67. The largest absolute Gasteiger partial charge is 0.381 e. The molecule has 0 atom stereocenters. The summed E-state index contributed by atoms with van der Waals surface area (Å²) in [6, 6.07) is 0. The van der Waals surface area contributed by atoms with Crippen molar-refractivity contribution in [3.8, 4) is 0 Å². The fourth-order valence-electron chi connectivity index (χ4n) is 4.75. The van der Waals surface area contributed by atoms with Gasteiger partial charge in [-0.2, -0.15) is 0 Å². The number of aromatic nitrogens is 2. The highest BCUT2D eigenvalue weighted by Gasteiger charge is 2.38. The van der Waals surface area contributed by atoms with Crippen molar-refractivity contribution in [2.45, 2.75) is 77.8 Å². The molecule has 0 bridgehead atoms. The highest BCUT2D eigenvalue weighted by Crippen LogP contribution is 2.37. The average molecular weight is 438 g/mol. The third kappa shape index (κ3) is 4.63. The van der Waals surface area contributed by atoms with Crippen molar-refractivity contribution in [2.24, 2.45) is 4.99 Å². The zero-order chi connectivity index (χ0) is 22.9. The summed E-state index contributed by atoms with van der Waals surface area (Å²) in [6.07, 6.45) is 6.66. The topological polar surface area (TPSA) is 79.7 Å². The molecule has 2 fully saturated rings. The van der Waals surface area contributed by atoms with E-state index in [9.17, 15) is 4.79 Å². The summed E-state index contributed by atoms with van der Waals surface area (Å²) >= 11 is 0. The number of nitrogens with one attached hydrogen (secondary N) is 1. The summed E-state index contributed by atoms with van der Waals surface area (Å²) in [5.41, 5.74) is 5.97. The fourth-order valence-corrected chi connectivity index (χ4v) is 4.75. The first-order valence-corrected chi connectivity index (χ1v) is 11.7. The first-order valence-electron chi connectivity index (χ1n) is 11.7. The van der Waals surface area contributed by atoms with E-state index in [1.54, 1.807) is 6.33 Å². The van der Waals surface area contributed by atoms with Crippen LogP contribution >= 0.6 is 0 Å². The van der Waals surface area contributed by atoms with Crippen molar-refractivity contribution >= 4 is 12.6 Å². The summed E-state index contributed by atoms with van der Waals surface area (Å²) in [5, 5.41) is 3.48. The van der Waals surface area contributed by atoms with E-state index in [1.807, 2.05) is 25.7 Å². The molecule has 0 aromatic carbocycles. The van der Waals surface area contributed by atoms with E-state index >= 15 is 0 Å². The Hall–Kier alpha value is -2.54. The maximum atomic E-state index is 13.7. The molecule has 7 nitrogen and oxygen atoms in total. The van der Waals surface area contributed by atoms with Crippen LogP contribution in [0.5, 0.6) is 0 Å². The van der Waals surface area contributed by atoms with Crippen molar-refractivity contribution in [1.29, 1.82) is 0 Å². The zero-order valence-electron chi connectivity index (χ0n) is 19.8. The van der Waals surface area contributed by atoms with Gasteiger partial charge in [0.05, 0.1) is 17.9 Å². The van der Waals surface area contributed by atoms with E-state index < -0.39 is 0 Å². The van der Waals surface area contributed by atoms with Crippen LogP contribution in [0.25, 0.3) is 0 Å². The molecule has 0 spiro atoms. The van der Waals surface area contributed by atoms with E-state index in [4.69, 9.17) is 4.74 Å². The van der Waals surface area contributed by atoms with Crippen LogP contribution in [0.15, 0.2) is 33.9 Å². The summed E-state index contributed by atoms with van der Waals surface area (Å²) < 4.78 is 5.52. The Bertz CT molecular complexity index is 967. The number of allylic oxidation sites excluding steroid dienone is 1. The summed E-state index contributed by atoms with van der Waals surface area (Å²) in [7, 11) is 0. The van der Waals surface area contributed by atoms with Gasteiger partial charge in [0.15, 0.2) is 0 Å². The number of carbonyl (C=O) groups excluding carboxylic acids is 1. The number of ether oxygens (including phenoxy) is 1. The second-order valence-electron chi connectivity index (χ2n) is 9.74. The Morgan fingerprint density at radius 2 is 1.97 bits per heavy atom. The molecule has 1 aromatic heterocycles. The number of hydrogen-bond acceptors (Lipinski definition) is 6. The molecule has 172 valence electrons. The van der Waals surface area contributed by atoms with Crippen molar-refractivity contribution in [1.82, 2.24) is 20.2 Å². The summed E-state index contributed by atoms with van der Waals surface area (Å²) in [5.74, 6) is 1.16. The Morgan fingerprint density at radius 3 is 2.59 bits per heavy atom. The van der Waals surface area contributed by atoms with Crippen LogP contribution in [0.3, 0.4) is 0 Å². The molecule has 0 radical (unpaired) electrons. The monoisotopic (exact) mass is 437 g/mol. The third-order valence-electron chi connectivity index (χ3n) is 6.96. The summed E-state index contributed by atoms with van der Waals surface area (Å²) in [6.45, 7) is 14.6. The van der Waals surface area contributed by atoms with Crippen LogP contribution in [-0.4, -0.2) is 52.8 Å². The fraction of sp³-hybridized carbons (Fsp3) is 0.600. The number of aliphatic imine (C=N–C) groups is 1. The van der Waals surface area contributed by atoms with Gasteiger partial charge in [0, 0.05) is 42.4 Å². The molecule has 7 heteroatoms. The van der Waals surface area contributed by atoms with Gasteiger partial charge >= 0.3 is 0 Å². The van der Waals surface area contributed by atoms with E-state index in [-0.39, 0.29) is 11.4 Å². The molecule has 1 aromatic rings. The van der Waals surface area contributed by atoms with Crippen LogP contribution in [0, 0.1) is 0 Å². The van der Waals surface area contributed by atoms with Gasteiger partial charge in [-0.1, -0.05) is 5.57 Å². The van der Waals surface area contributed by atoms with Crippen LogP contribution in [-0.2, 0) is 22.5 Å². The molecule has 2 aliphatic heterocycles. The number of nitrogens with zero attached hydrogens (tertiary/aromatic N) is 4. The van der Waals surface area contributed by atoms with Gasteiger partial charge in [0.1, 0.15) is 12.1 Å². The molecule has 3 aliphatic rings. The van der Waals surface area contributed by atoms with Gasteiger partial charge in [-0.15, -0.1) is 0 Å². The van der Waals surface area contributed by atoms with E-state index in [0.29, 0.717) is 30.4 Å². The van der Waals surface area contributed by atoms with Gasteiger partial charge < -0.3 is 15.0 Å². The number of amides is 1. The predicted molar refractivity (Wildman–Crippen MR) is 125 cm³/mol. The molecule has 4 rings (SSSR count). The lowest BCUT2D eigenvalue weighted by molar-refractivity contribution is -0.127. The maximum Gasteiger partial charge on any atom is 0.254 e. The molecular weight excluding hydrogens is 402 g/mol. The highest BCUT2D eigenvalue weighted by atomic mass is 16.5. The molecule has 32 heavy (non-hydrogen) atoms. The first kappa shape index (κ1) is 22.6. The SMILES string of the molecule is C=N/C(NC1(C)CC1)=C(\C)C(C(=O)N1CCc2c(ncnc2C2CCOCC2)C1)=C(C)C. The molecular formula is C25H35N5O2.